The molecule has 4 nitrogen and oxygen atoms in total. The molecule has 24 heavy (non-hydrogen) atoms. The molecule has 122 valence electrons. The van der Waals surface area contributed by atoms with Gasteiger partial charge in [-0.3, -0.25) is 4.79 Å². The fourth-order valence-electron chi connectivity index (χ4n) is 2.30. The summed E-state index contributed by atoms with van der Waals surface area (Å²) in [4.78, 5) is 16.9. The Bertz CT molecular complexity index is 841. The third-order valence-electron chi connectivity index (χ3n) is 3.62. The van der Waals surface area contributed by atoms with E-state index >= 15 is 0 Å². The number of rotatable bonds is 5. The predicted molar refractivity (Wildman–Crippen MR) is 97.9 cm³/mol. The second kappa shape index (κ2) is 7.27. The number of nitrogens with zero attached hydrogens (tertiary/aromatic N) is 1. The van der Waals surface area contributed by atoms with E-state index in [0.29, 0.717) is 17.0 Å². The minimum absolute atomic E-state index is 0.151. The largest absolute Gasteiger partial charge is 0.497 e. The zero-order chi connectivity index (χ0) is 16.9. The van der Waals surface area contributed by atoms with Gasteiger partial charge < -0.3 is 10.1 Å². The van der Waals surface area contributed by atoms with Gasteiger partial charge in [-0.2, -0.15) is 0 Å². The van der Waals surface area contributed by atoms with Crippen molar-refractivity contribution in [3.05, 3.63) is 64.5 Å². The van der Waals surface area contributed by atoms with Crippen LogP contribution in [0, 0.1) is 0 Å². The van der Waals surface area contributed by atoms with Crippen LogP contribution in [-0.2, 0) is 6.42 Å². The van der Waals surface area contributed by atoms with Crippen molar-refractivity contribution < 1.29 is 9.53 Å². The highest BCUT2D eigenvalue weighted by Crippen LogP contribution is 2.23. The quantitative estimate of drug-likeness (QED) is 0.738. The summed E-state index contributed by atoms with van der Waals surface area (Å²) < 4.78 is 5.16. The van der Waals surface area contributed by atoms with E-state index in [9.17, 15) is 4.79 Å². The second-order valence-electron chi connectivity index (χ2n) is 5.24. The van der Waals surface area contributed by atoms with Crippen LogP contribution in [0.1, 0.15) is 22.3 Å². The molecule has 0 aliphatic rings. The summed E-state index contributed by atoms with van der Waals surface area (Å²) >= 11 is 1.66. The Morgan fingerprint density at radius 2 is 2.00 bits per heavy atom. The van der Waals surface area contributed by atoms with E-state index in [0.717, 1.165) is 22.7 Å². The lowest BCUT2D eigenvalue weighted by Gasteiger charge is -2.07. The van der Waals surface area contributed by atoms with Gasteiger partial charge in [0.2, 0.25) is 0 Å². The maximum absolute atomic E-state index is 12.3. The first-order valence-electron chi connectivity index (χ1n) is 7.70. The lowest BCUT2D eigenvalue weighted by atomic mass is 10.1. The highest BCUT2D eigenvalue weighted by molar-refractivity contribution is 7.09. The molecule has 3 rings (SSSR count). The molecule has 0 atom stereocenters. The van der Waals surface area contributed by atoms with Crippen molar-refractivity contribution in [1.82, 2.24) is 4.98 Å². The number of amides is 1. The molecule has 5 heteroatoms. The Labute approximate surface area is 145 Å². The fourth-order valence-corrected chi connectivity index (χ4v) is 3.06. The van der Waals surface area contributed by atoms with Gasteiger partial charge in [0.15, 0.2) is 0 Å². The van der Waals surface area contributed by atoms with E-state index in [1.807, 2.05) is 47.8 Å². The summed E-state index contributed by atoms with van der Waals surface area (Å²) in [5.74, 6) is 0.556. The number of aryl methyl sites for hydroxylation is 1. The van der Waals surface area contributed by atoms with E-state index in [1.165, 1.54) is 0 Å². The average Bonchev–Trinajstić information content (AvgIpc) is 3.11. The first kappa shape index (κ1) is 16.2. The molecular weight excluding hydrogens is 320 g/mol. The molecular formula is C19H18N2O2S. The van der Waals surface area contributed by atoms with Gasteiger partial charge in [0, 0.05) is 28.3 Å². The minimum atomic E-state index is -0.151. The highest BCUT2D eigenvalue weighted by Gasteiger charge is 2.08. The highest BCUT2D eigenvalue weighted by atomic mass is 32.1. The number of aromatic nitrogens is 1. The zero-order valence-electron chi connectivity index (χ0n) is 13.6. The Kier molecular flexibility index (Phi) is 4.91. The van der Waals surface area contributed by atoms with Crippen molar-refractivity contribution in [1.29, 1.82) is 0 Å². The Morgan fingerprint density at radius 1 is 1.21 bits per heavy atom. The van der Waals surface area contributed by atoms with Crippen LogP contribution in [0.4, 0.5) is 5.69 Å². The molecule has 3 aromatic rings. The molecule has 0 unspecified atom stereocenters. The number of methoxy groups -OCH3 is 1. The average molecular weight is 338 g/mol. The first-order chi connectivity index (χ1) is 11.7. The molecule has 1 aromatic heterocycles. The van der Waals surface area contributed by atoms with Gasteiger partial charge in [0.25, 0.3) is 5.91 Å². The van der Waals surface area contributed by atoms with Crippen molar-refractivity contribution in [3.63, 3.8) is 0 Å². The van der Waals surface area contributed by atoms with Gasteiger partial charge >= 0.3 is 0 Å². The van der Waals surface area contributed by atoms with Crippen LogP contribution < -0.4 is 10.1 Å². The number of hydrogen-bond acceptors (Lipinski definition) is 4. The van der Waals surface area contributed by atoms with E-state index in [2.05, 4.69) is 17.2 Å². The Hall–Kier alpha value is -2.66. The van der Waals surface area contributed by atoms with Crippen molar-refractivity contribution in [3.8, 4) is 17.0 Å². The maximum Gasteiger partial charge on any atom is 0.255 e. The smallest absolute Gasteiger partial charge is 0.255 e. The molecule has 0 aliphatic heterocycles. The number of benzene rings is 2. The lowest BCUT2D eigenvalue weighted by molar-refractivity contribution is 0.102. The minimum Gasteiger partial charge on any atom is -0.497 e. The molecule has 1 heterocycles. The van der Waals surface area contributed by atoms with Crippen LogP contribution in [0.25, 0.3) is 11.3 Å². The van der Waals surface area contributed by atoms with Crippen LogP contribution in [0.2, 0.25) is 0 Å². The third-order valence-corrected chi connectivity index (χ3v) is 4.62. The van der Waals surface area contributed by atoms with E-state index in [-0.39, 0.29) is 5.91 Å². The number of nitrogens with one attached hydrogen (secondary N) is 1. The van der Waals surface area contributed by atoms with Gasteiger partial charge in [-0.05, 0) is 30.7 Å². The van der Waals surface area contributed by atoms with Crippen LogP contribution in [0.15, 0.2) is 53.9 Å². The Morgan fingerprint density at radius 3 is 2.67 bits per heavy atom. The first-order valence-corrected chi connectivity index (χ1v) is 8.58. The Balaban J connectivity index is 1.73. The number of hydrogen-bond donors (Lipinski definition) is 1. The number of thiazole rings is 1. The summed E-state index contributed by atoms with van der Waals surface area (Å²) in [6.45, 7) is 2.09. The van der Waals surface area contributed by atoms with Crippen LogP contribution in [-0.4, -0.2) is 18.0 Å². The lowest BCUT2D eigenvalue weighted by Crippen LogP contribution is -2.11. The van der Waals surface area contributed by atoms with Gasteiger partial charge in [-0.25, -0.2) is 4.98 Å². The molecule has 1 amide bonds. The van der Waals surface area contributed by atoms with E-state index < -0.39 is 0 Å². The molecule has 0 spiro atoms. The van der Waals surface area contributed by atoms with Crippen LogP contribution >= 0.6 is 11.3 Å². The molecule has 0 bridgehead atoms. The maximum atomic E-state index is 12.3. The molecule has 1 N–H and O–H groups in total. The molecule has 0 fully saturated rings. The summed E-state index contributed by atoms with van der Waals surface area (Å²) in [6, 6.07) is 14.8. The molecule has 0 radical (unpaired) electrons. The van der Waals surface area contributed by atoms with Crippen molar-refractivity contribution in [2.24, 2.45) is 0 Å². The van der Waals surface area contributed by atoms with Crippen molar-refractivity contribution >= 4 is 22.9 Å². The normalized spacial score (nSPS) is 10.4. The summed E-state index contributed by atoms with van der Waals surface area (Å²) in [5.41, 5.74) is 3.28. The molecule has 0 saturated carbocycles. The number of carbonyl (C=O) groups excluding carboxylic acids is 1. The third kappa shape index (κ3) is 3.63. The van der Waals surface area contributed by atoms with E-state index in [4.69, 9.17) is 4.74 Å². The zero-order valence-corrected chi connectivity index (χ0v) is 14.4. The van der Waals surface area contributed by atoms with Crippen molar-refractivity contribution in [2.45, 2.75) is 13.3 Å². The van der Waals surface area contributed by atoms with Gasteiger partial charge in [-0.1, -0.05) is 25.1 Å². The van der Waals surface area contributed by atoms with Gasteiger partial charge in [0.05, 0.1) is 17.8 Å². The number of ether oxygens (including phenoxy) is 1. The molecule has 0 saturated heterocycles. The SMILES string of the molecule is CCc1nc(-c2ccc(C(=O)Nc3cccc(OC)c3)cc2)cs1. The topological polar surface area (TPSA) is 51.2 Å². The van der Waals surface area contributed by atoms with Gasteiger partial charge in [0.1, 0.15) is 5.75 Å². The summed E-state index contributed by atoms with van der Waals surface area (Å²) in [7, 11) is 1.60. The standard InChI is InChI=1S/C19H18N2O2S/c1-3-18-21-17(12-24-18)13-7-9-14(10-8-13)19(22)20-15-5-4-6-16(11-15)23-2/h4-12H,3H2,1-2H3,(H,20,22). The van der Waals surface area contributed by atoms with Crippen LogP contribution in [0.3, 0.4) is 0 Å². The molecule has 2 aromatic carbocycles. The molecule has 0 aliphatic carbocycles. The van der Waals surface area contributed by atoms with E-state index in [1.54, 1.807) is 24.5 Å². The monoisotopic (exact) mass is 338 g/mol. The number of anilines is 1. The number of carbonyl (C=O) groups is 1. The summed E-state index contributed by atoms with van der Waals surface area (Å²) in [6.07, 6.45) is 0.936. The summed E-state index contributed by atoms with van der Waals surface area (Å²) in [5, 5.41) is 6.03. The second-order valence-corrected chi connectivity index (χ2v) is 6.19. The fraction of sp³-hybridized carbons (Fsp3) is 0.158. The van der Waals surface area contributed by atoms with Gasteiger partial charge in [-0.15, -0.1) is 11.3 Å². The van der Waals surface area contributed by atoms with Crippen molar-refractivity contribution in [2.75, 3.05) is 12.4 Å². The van der Waals surface area contributed by atoms with Crippen LogP contribution in [0.5, 0.6) is 5.75 Å². The predicted octanol–water partition coefficient (Wildman–Crippen LogP) is 4.63.